The molecule has 23 heavy (non-hydrogen) atoms. The molecule has 2 heterocycles. The molecule has 1 aromatic rings. The number of nitrogens with one attached hydrogen (secondary N) is 1. The number of nitrogens with zero attached hydrogens (tertiary/aromatic N) is 3. The quantitative estimate of drug-likeness (QED) is 0.855. The Labute approximate surface area is 140 Å². The van der Waals surface area contributed by atoms with E-state index in [1.54, 1.807) is 0 Å². The lowest BCUT2D eigenvalue weighted by molar-refractivity contribution is -0.131. The van der Waals surface area contributed by atoms with E-state index in [1.165, 1.54) is 0 Å². The van der Waals surface area contributed by atoms with E-state index < -0.39 is 5.82 Å². The van der Waals surface area contributed by atoms with Gasteiger partial charge in [0.05, 0.1) is 6.20 Å². The lowest BCUT2D eigenvalue weighted by atomic mass is 9.83. The largest absolute Gasteiger partial charge is 0.365 e. The third kappa shape index (κ3) is 4.31. The molecule has 0 radical (unpaired) electrons. The molecule has 1 aliphatic heterocycles. The Morgan fingerprint density at radius 1 is 1.35 bits per heavy atom. The topological polar surface area (TPSA) is 58.1 Å². The number of hydrogen-bond acceptors (Lipinski definition) is 4. The number of anilines is 1. The monoisotopic (exact) mass is 340 g/mol. The first-order chi connectivity index (χ1) is 11.1. The molecule has 0 bridgehead atoms. The van der Waals surface area contributed by atoms with Crippen molar-refractivity contribution in [2.45, 2.75) is 51.0 Å². The van der Waals surface area contributed by atoms with Gasteiger partial charge in [0.1, 0.15) is 0 Å². The van der Waals surface area contributed by atoms with Gasteiger partial charge in [0.25, 0.3) is 0 Å². The number of carbonyl (C=O) groups excluding carboxylic acids is 1. The Hall–Kier alpha value is -1.43. The molecule has 1 aliphatic carbocycles. The van der Waals surface area contributed by atoms with Crippen LogP contribution in [0.25, 0.3) is 0 Å². The zero-order valence-corrected chi connectivity index (χ0v) is 13.9. The Kier molecular flexibility index (Phi) is 5.30. The zero-order valence-electron chi connectivity index (χ0n) is 13.1. The van der Waals surface area contributed by atoms with Gasteiger partial charge in [-0.15, -0.1) is 0 Å². The smallest absolute Gasteiger partial charge is 0.224 e. The van der Waals surface area contributed by atoms with Crippen molar-refractivity contribution in [2.24, 2.45) is 5.92 Å². The molecule has 1 saturated heterocycles. The van der Waals surface area contributed by atoms with Crippen molar-refractivity contribution in [2.75, 3.05) is 18.4 Å². The molecule has 3 rings (SSSR count). The van der Waals surface area contributed by atoms with Crippen LogP contribution in [0.2, 0.25) is 5.28 Å². The number of likely N-dealkylation sites (tertiary alicyclic amines) is 1. The predicted octanol–water partition coefficient (Wildman–Crippen LogP) is 3.25. The molecular formula is C16H22ClFN4O. The van der Waals surface area contributed by atoms with Gasteiger partial charge in [0, 0.05) is 25.6 Å². The average molecular weight is 341 g/mol. The van der Waals surface area contributed by atoms with Gasteiger partial charge in [0.2, 0.25) is 11.2 Å². The summed E-state index contributed by atoms with van der Waals surface area (Å²) in [5, 5.41) is 3.16. The van der Waals surface area contributed by atoms with Crippen molar-refractivity contribution in [1.29, 1.82) is 0 Å². The van der Waals surface area contributed by atoms with Crippen LogP contribution in [0.5, 0.6) is 0 Å². The summed E-state index contributed by atoms with van der Waals surface area (Å²) in [7, 11) is 0. The van der Waals surface area contributed by atoms with Crippen LogP contribution in [0.1, 0.15) is 44.9 Å². The summed E-state index contributed by atoms with van der Waals surface area (Å²) in [6.07, 6.45) is 7.83. The van der Waals surface area contributed by atoms with E-state index in [4.69, 9.17) is 11.6 Å². The van der Waals surface area contributed by atoms with Crippen LogP contribution in [0, 0.1) is 11.7 Å². The van der Waals surface area contributed by atoms with Crippen LogP contribution in [-0.4, -0.2) is 39.9 Å². The second kappa shape index (κ2) is 7.43. The maximum Gasteiger partial charge on any atom is 0.224 e. The summed E-state index contributed by atoms with van der Waals surface area (Å²) in [5.41, 5.74) is 0. The fraction of sp³-hybridized carbons (Fsp3) is 0.688. The number of hydrogen-bond donors (Lipinski definition) is 1. The molecule has 7 heteroatoms. The predicted molar refractivity (Wildman–Crippen MR) is 86.8 cm³/mol. The summed E-state index contributed by atoms with van der Waals surface area (Å²) in [5.74, 6) is 0.283. The standard InChI is InChI=1S/C16H22ClFN4O/c17-16-19-10-13(18)15(21-16)20-12-5-3-4-11(8-12)9-14(23)22-6-1-2-7-22/h10-12H,1-9H2,(H,19,20,21)/t11?,12-/m0/s1. The van der Waals surface area contributed by atoms with Gasteiger partial charge >= 0.3 is 0 Å². The number of carbonyl (C=O) groups is 1. The molecule has 126 valence electrons. The Bertz CT molecular complexity index is 565. The van der Waals surface area contributed by atoms with E-state index in [0.29, 0.717) is 12.3 Å². The second-order valence-electron chi connectivity index (χ2n) is 6.50. The van der Waals surface area contributed by atoms with Crippen LogP contribution in [-0.2, 0) is 4.79 Å². The molecular weight excluding hydrogens is 319 g/mol. The van der Waals surface area contributed by atoms with Gasteiger partial charge in [-0.3, -0.25) is 4.79 Å². The Morgan fingerprint density at radius 2 is 2.13 bits per heavy atom. The highest BCUT2D eigenvalue weighted by Crippen LogP contribution is 2.30. The van der Waals surface area contributed by atoms with Crippen molar-refractivity contribution in [1.82, 2.24) is 14.9 Å². The minimum Gasteiger partial charge on any atom is -0.365 e. The van der Waals surface area contributed by atoms with Crippen LogP contribution in [0.3, 0.4) is 0 Å². The first kappa shape index (κ1) is 16.4. The van der Waals surface area contributed by atoms with Crippen molar-refractivity contribution in [3.05, 3.63) is 17.3 Å². The molecule has 0 aromatic carbocycles. The summed E-state index contributed by atoms with van der Waals surface area (Å²) in [6, 6.07) is 0.126. The van der Waals surface area contributed by atoms with Crippen LogP contribution < -0.4 is 5.32 Å². The minimum atomic E-state index is -0.496. The molecule has 2 atom stereocenters. The molecule has 0 spiro atoms. The van der Waals surface area contributed by atoms with Gasteiger partial charge in [-0.05, 0) is 49.6 Å². The van der Waals surface area contributed by atoms with Crippen LogP contribution >= 0.6 is 11.6 Å². The molecule has 2 aliphatic rings. The van der Waals surface area contributed by atoms with Gasteiger partial charge in [-0.25, -0.2) is 9.37 Å². The maximum absolute atomic E-state index is 13.7. The highest BCUT2D eigenvalue weighted by Gasteiger charge is 2.27. The van der Waals surface area contributed by atoms with E-state index in [1.807, 2.05) is 4.90 Å². The first-order valence-corrected chi connectivity index (χ1v) is 8.72. The number of aromatic nitrogens is 2. The van der Waals surface area contributed by atoms with Crippen molar-refractivity contribution in [3.63, 3.8) is 0 Å². The van der Waals surface area contributed by atoms with Crippen molar-refractivity contribution in [3.8, 4) is 0 Å². The zero-order chi connectivity index (χ0) is 16.2. The molecule has 1 saturated carbocycles. The normalized spacial score (nSPS) is 24.7. The summed E-state index contributed by atoms with van der Waals surface area (Å²) in [4.78, 5) is 21.8. The van der Waals surface area contributed by atoms with E-state index in [9.17, 15) is 9.18 Å². The van der Waals surface area contributed by atoms with E-state index in [0.717, 1.165) is 57.8 Å². The number of halogens is 2. The molecule has 1 aromatic heterocycles. The Morgan fingerprint density at radius 3 is 2.91 bits per heavy atom. The lowest BCUT2D eigenvalue weighted by Crippen LogP contribution is -2.33. The average Bonchev–Trinajstić information content (AvgIpc) is 3.06. The highest BCUT2D eigenvalue weighted by atomic mass is 35.5. The van der Waals surface area contributed by atoms with Crippen molar-refractivity contribution < 1.29 is 9.18 Å². The minimum absolute atomic E-state index is 0.0328. The molecule has 1 N–H and O–H groups in total. The van der Waals surface area contributed by atoms with Crippen LogP contribution in [0.4, 0.5) is 10.2 Å². The lowest BCUT2D eigenvalue weighted by Gasteiger charge is -2.30. The van der Waals surface area contributed by atoms with Crippen LogP contribution in [0.15, 0.2) is 6.20 Å². The fourth-order valence-electron chi connectivity index (χ4n) is 3.59. The summed E-state index contributed by atoms with van der Waals surface area (Å²) in [6.45, 7) is 1.80. The van der Waals surface area contributed by atoms with Crippen molar-refractivity contribution >= 4 is 23.3 Å². The fourth-order valence-corrected chi connectivity index (χ4v) is 3.72. The molecule has 5 nitrogen and oxygen atoms in total. The SMILES string of the molecule is O=C(CC1CCC[C@H](Nc2nc(Cl)ncc2F)C1)N1CCCC1. The first-order valence-electron chi connectivity index (χ1n) is 8.34. The highest BCUT2D eigenvalue weighted by molar-refractivity contribution is 6.28. The summed E-state index contributed by atoms with van der Waals surface area (Å²) >= 11 is 5.73. The molecule has 1 amide bonds. The Balaban J connectivity index is 1.55. The second-order valence-corrected chi connectivity index (χ2v) is 6.84. The van der Waals surface area contributed by atoms with E-state index >= 15 is 0 Å². The molecule has 2 fully saturated rings. The summed E-state index contributed by atoms with van der Waals surface area (Å²) < 4.78 is 13.7. The third-order valence-corrected chi connectivity index (χ3v) is 4.94. The third-order valence-electron chi connectivity index (χ3n) is 4.76. The maximum atomic E-state index is 13.7. The molecule has 1 unspecified atom stereocenters. The van der Waals surface area contributed by atoms with E-state index in [-0.39, 0.29) is 23.1 Å². The van der Waals surface area contributed by atoms with Gasteiger partial charge < -0.3 is 10.2 Å². The number of amides is 1. The van der Waals surface area contributed by atoms with Gasteiger partial charge in [-0.1, -0.05) is 6.42 Å². The number of rotatable bonds is 4. The van der Waals surface area contributed by atoms with Gasteiger partial charge in [0.15, 0.2) is 11.6 Å². The van der Waals surface area contributed by atoms with E-state index in [2.05, 4.69) is 15.3 Å². The van der Waals surface area contributed by atoms with Gasteiger partial charge in [-0.2, -0.15) is 4.98 Å².